The molecule has 6 heteroatoms. The lowest BCUT2D eigenvalue weighted by Crippen LogP contribution is -2.42. The van der Waals surface area contributed by atoms with Crippen molar-refractivity contribution in [1.29, 1.82) is 0 Å². The van der Waals surface area contributed by atoms with Gasteiger partial charge in [-0.25, -0.2) is 4.99 Å². The van der Waals surface area contributed by atoms with Crippen LogP contribution in [0.1, 0.15) is 31.4 Å². The lowest BCUT2D eigenvalue weighted by atomic mass is 9.82. The van der Waals surface area contributed by atoms with Crippen LogP contribution in [0.2, 0.25) is 0 Å². The summed E-state index contributed by atoms with van der Waals surface area (Å²) in [6.45, 7) is 3.08. The third-order valence-corrected chi connectivity index (χ3v) is 5.37. The molecule has 138 valence electrons. The molecule has 1 saturated carbocycles. The fourth-order valence-corrected chi connectivity index (χ4v) is 3.88. The van der Waals surface area contributed by atoms with Gasteiger partial charge in [0, 0.05) is 40.2 Å². The second kappa shape index (κ2) is 8.41. The second-order valence-corrected chi connectivity index (χ2v) is 7.39. The summed E-state index contributed by atoms with van der Waals surface area (Å²) in [5.41, 5.74) is 0. The van der Waals surface area contributed by atoms with Gasteiger partial charge in [0.2, 0.25) is 5.91 Å². The van der Waals surface area contributed by atoms with Crippen molar-refractivity contribution in [2.45, 2.75) is 32.1 Å². The molecule has 0 radical (unpaired) electrons. The van der Waals surface area contributed by atoms with Crippen molar-refractivity contribution >= 4 is 11.9 Å². The van der Waals surface area contributed by atoms with E-state index in [9.17, 15) is 4.79 Å². The molecule has 0 bridgehead atoms. The van der Waals surface area contributed by atoms with Crippen LogP contribution in [-0.2, 0) is 11.2 Å². The van der Waals surface area contributed by atoms with E-state index in [4.69, 9.17) is 4.42 Å². The van der Waals surface area contributed by atoms with Gasteiger partial charge in [-0.3, -0.25) is 4.79 Å². The zero-order valence-electron chi connectivity index (χ0n) is 15.4. The first-order valence-electron chi connectivity index (χ1n) is 9.39. The Labute approximate surface area is 150 Å². The Hall–Kier alpha value is -1.98. The number of carbonyl (C=O) groups is 1. The first-order chi connectivity index (χ1) is 12.1. The van der Waals surface area contributed by atoms with E-state index < -0.39 is 0 Å². The van der Waals surface area contributed by atoms with E-state index >= 15 is 0 Å². The molecular formula is C19H30N4O2. The predicted molar refractivity (Wildman–Crippen MR) is 98.4 cm³/mol. The summed E-state index contributed by atoms with van der Waals surface area (Å²) < 4.78 is 5.39. The molecule has 1 aromatic rings. The average molecular weight is 346 g/mol. The smallest absolute Gasteiger partial charge is 0.243 e. The Morgan fingerprint density at radius 1 is 1.32 bits per heavy atom. The number of likely N-dealkylation sites (N-methyl/N-ethyl adjacent to an activating group) is 1. The van der Waals surface area contributed by atoms with Crippen LogP contribution in [0.4, 0.5) is 0 Å². The molecule has 2 fully saturated rings. The van der Waals surface area contributed by atoms with E-state index in [1.54, 1.807) is 25.3 Å². The molecule has 6 nitrogen and oxygen atoms in total. The van der Waals surface area contributed by atoms with E-state index in [0.29, 0.717) is 0 Å². The molecule has 2 atom stereocenters. The molecule has 0 aromatic carbocycles. The normalized spacial score (nSPS) is 23.4. The number of nitrogens with one attached hydrogen (secondary N) is 1. The lowest BCUT2D eigenvalue weighted by molar-refractivity contribution is -0.127. The summed E-state index contributed by atoms with van der Waals surface area (Å²) in [4.78, 5) is 20.5. The second-order valence-electron chi connectivity index (χ2n) is 7.39. The van der Waals surface area contributed by atoms with Crippen LogP contribution in [0.25, 0.3) is 0 Å². The number of likely N-dealkylation sites (tertiary alicyclic amines) is 1. The molecule has 1 aromatic heterocycles. The van der Waals surface area contributed by atoms with E-state index in [1.165, 1.54) is 25.7 Å². The minimum Gasteiger partial charge on any atom is -0.469 e. The topological polar surface area (TPSA) is 61.1 Å². The number of nitrogens with zero attached hydrogens (tertiary/aromatic N) is 3. The van der Waals surface area contributed by atoms with Crippen LogP contribution in [0.3, 0.4) is 0 Å². The van der Waals surface area contributed by atoms with Crippen LogP contribution in [0, 0.1) is 11.8 Å². The molecule has 2 heterocycles. The Bertz CT molecular complexity index is 568. The van der Waals surface area contributed by atoms with Crippen molar-refractivity contribution in [3.05, 3.63) is 24.2 Å². The van der Waals surface area contributed by atoms with Gasteiger partial charge in [-0.2, -0.15) is 0 Å². The Balaban J connectivity index is 1.61. The standard InChI is InChI=1S/C19H30N4O2/c1-22(2)18(24)12-21-19(20-10-9-17-8-5-11-25-17)23-13-15-6-3-4-7-16(15)14-23/h5,8,11,15-16H,3-4,6-7,9-10,12-14H2,1-2H3,(H,20,21). The third kappa shape index (κ3) is 4.77. The lowest BCUT2D eigenvalue weighted by Gasteiger charge is -2.22. The van der Waals surface area contributed by atoms with Crippen LogP contribution < -0.4 is 5.32 Å². The minimum atomic E-state index is 0.0296. The maximum Gasteiger partial charge on any atom is 0.243 e. The first kappa shape index (κ1) is 17.8. The predicted octanol–water partition coefficient (Wildman–Crippen LogP) is 1.98. The van der Waals surface area contributed by atoms with Gasteiger partial charge >= 0.3 is 0 Å². The number of carbonyl (C=O) groups excluding carboxylic acids is 1. The Kier molecular flexibility index (Phi) is 6.00. The summed E-state index contributed by atoms with van der Waals surface area (Å²) in [6.07, 6.45) is 7.88. The molecule has 1 saturated heterocycles. The number of furan rings is 1. The van der Waals surface area contributed by atoms with Crippen LogP contribution in [0.5, 0.6) is 0 Å². The van der Waals surface area contributed by atoms with Crippen molar-refractivity contribution < 1.29 is 9.21 Å². The van der Waals surface area contributed by atoms with Gasteiger partial charge in [0.05, 0.1) is 6.26 Å². The largest absolute Gasteiger partial charge is 0.469 e. The van der Waals surface area contributed by atoms with E-state index in [-0.39, 0.29) is 12.5 Å². The summed E-state index contributed by atoms with van der Waals surface area (Å²) in [5, 5.41) is 3.45. The zero-order valence-corrected chi connectivity index (χ0v) is 15.4. The van der Waals surface area contributed by atoms with Gasteiger partial charge in [0.1, 0.15) is 12.3 Å². The fourth-order valence-electron chi connectivity index (χ4n) is 3.88. The Morgan fingerprint density at radius 2 is 2.04 bits per heavy atom. The summed E-state index contributed by atoms with van der Waals surface area (Å²) in [7, 11) is 3.54. The maximum atomic E-state index is 11.9. The van der Waals surface area contributed by atoms with Crippen LogP contribution in [-0.4, -0.2) is 61.9 Å². The molecule has 0 spiro atoms. The number of aliphatic imine (C=N–C) groups is 1. The Morgan fingerprint density at radius 3 is 2.64 bits per heavy atom. The van der Waals surface area contributed by atoms with Gasteiger partial charge in [0.25, 0.3) is 0 Å². The van der Waals surface area contributed by atoms with E-state index in [2.05, 4.69) is 15.2 Å². The summed E-state index contributed by atoms with van der Waals surface area (Å²) in [6, 6.07) is 3.89. The van der Waals surface area contributed by atoms with Gasteiger partial charge in [-0.1, -0.05) is 12.8 Å². The summed E-state index contributed by atoms with van der Waals surface area (Å²) >= 11 is 0. The van der Waals surface area contributed by atoms with Crippen molar-refractivity contribution in [2.75, 3.05) is 40.3 Å². The minimum absolute atomic E-state index is 0.0296. The highest BCUT2D eigenvalue weighted by Crippen LogP contribution is 2.35. The molecular weight excluding hydrogens is 316 g/mol. The third-order valence-electron chi connectivity index (χ3n) is 5.37. The van der Waals surface area contributed by atoms with Gasteiger partial charge in [-0.05, 0) is 36.8 Å². The zero-order chi connectivity index (χ0) is 17.6. The monoisotopic (exact) mass is 346 g/mol. The number of guanidine groups is 1. The summed E-state index contributed by atoms with van der Waals surface area (Å²) in [5.74, 6) is 3.44. The van der Waals surface area contributed by atoms with Gasteiger partial charge in [0.15, 0.2) is 5.96 Å². The number of rotatable bonds is 5. The fraction of sp³-hybridized carbons (Fsp3) is 0.684. The average Bonchev–Trinajstić information content (AvgIpc) is 3.26. The quantitative estimate of drug-likeness (QED) is 0.654. The SMILES string of the molecule is CN(C)C(=O)CN=C(NCCc1ccco1)N1CC2CCCCC2C1. The van der Waals surface area contributed by atoms with Crippen molar-refractivity contribution in [3.8, 4) is 0 Å². The molecule has 3 rings (SSSR count). The van der Waals surface area contributed by atoms with Crippen molar-refractivity contribution in [1.82, 2.24) is 15.1 Å². The highest BCUT2D eigenvalue weighted by Gasteiger charge is 2.35. The van der Waals surface area contributed by atoms with Gasteiger partial charge < -0.3 is 19.5 Å². The number of hydrogen-bond acceptors (Lipinski definition) is 3. The highest BCUT2D eigenvalue weighted by atomic mass is 16.3. The molecule has 1 aliphatic carbocycles. The molecule has 1 N–H and O–H groups in total. The molecule has 1 amide bonds. The molecule has 2 aliphatic rings. The molecule has 25 heavy (non-hydrogen) atoms. The van der Waals surface area contributed by atoms with E-state index in [1.807, 2.05) is 12.1 Å². The molecule has 2 unspecified atom stereocenters. The number of amides is 1. The highest BCUT2D eigenvalue weighted by molar-refractivity contribution is 5.85. The first-order valence-corrected chi connectivity index (χ1v) is 9.39. The van der Waals surface area contributed by atoms with Gasteiger partial charge in [-0.15, -0.1) is 0 Å². The molecule has 1 aliphatic heterocycles. The van der Waals surface area contributed by atoms with Crippen LogP contribution >= 0.6 is 0 Å². The number of fused-ring (bicyclic) bond motifs is 1. The van der Waals surface area contributed by atoms with E-state index in [0.717, 1.165) is 49.6 Å². The van der Waals surface area contributed by atoms with Crippen molar-refractivity contribution in [3.63, 3.8) is 0 Å². The maximum absolute atomic E-state index is 11.9. The van der Waals surface area contributed by atoms with Crippen molar-refractivity contribution in [2.24, 2.45) is 16.8 Å². The number of hydrogen-bond donors (Lipinski definition) is 1. The van der Waals surface area contributed by atoms with Crippen LogP contribution in [0.15, 0.2) is 27.8 Å².